The Morgan fingerprint density at radius 2 is 1.81 bits per heavy atom. The monoisotopic (exact) mass is 309 g/mol. The summed E-state index contributed by atoms with van der Waals surface area (Å²) in [7, 11) is -3.07. The van der Waals surface area contributed by atoms with Gasteiger partial charge in [-0.2, -0.15) is 0 Å². The number of sulfonamides is 1. The lowest BCUT2D eigenvalue weighted by Crippen LogP contribution is -2.41. The van der Waals surface area contributed by atoms with Gasteiger partial charge < -0.3 is 0 Å². The summed E-state index contributed by atoms with van der Waals surface area (Å²) in [5.41, 5.74) is -0.145. The molecule has 0 aromatic rings. The third-order valence-electron chi connectivity index (χ3n) is 3.66. The van der Waals surface area contributed by atoms with Crippen molar-refractivity contribution >= 4 is 26.0 Å². The zero-order chi connectivity index (χ0) is 11.6. The van der Waals surface area contributed by atoms with E-state index in [9.17, 15) is 8.42 Å². The number of alkyl halides is 1. The van der Waals surface area contributed by atoms with Crippen molar-refractivity contribution in [1.82, 2.24) is 4.72 Å². The lowest BCUT2D eigenvalue weighted by Gasteiger charge is -2.23. The number of hydrogen-bond acceptors (Lipinski definition) is 2. The second-order valence-corrected chi connectivity index (χ2v) is 7.63. The molecule has 0 aromatic carbocycles. The van der Waals surface area contributed by atoms with E-state index in [1.807, 2.05) is 0 Å². The molecular formula is C11H20BrNO2S. The number of hydrogen-bond donors (Lipinski definition) is 1. The SMILES string of the molecule is O=S(=O)(CC1CCCCC1)NC1(CBr)CC1. The highest BCUT2D eigenvalue weighted by atomic mass is 79.9. The van der Waals surface area contributed by atoms with Crippen LogP contribution in [0.5, 0.6) is 0 Å². The topological polar surface area (TPSA) is 46.2 Å². The van der Waals surface area contributed by atoms with E-state index >= 15 is 0 Å². The molecule has 0 unspecified atom stereocenters. The van der Waals surface area contributed by atoms with Gasteiger partial charge in [0, 0.05) is 10.9 Å². The summed E-state index contributed by atoms with van der Waals surface area (Å²) in [5, 5.41) is 0.740. The average molecular weight is 310 g/mol. The summed E-state index contributed by atoms with van der Waals surface area (Å²) in [6.45, 7) is 0. The molecule has 0 bridgehead atoms. The van der Waals surface area contributed by atoms with Crippen LogP contribution in [0.1, 0.15) is 44.9 Å². The van der Waals surface area contributed by atoms with E-state index in [0.717, 1.165) is 31.0 Å². The van der Waals surface area contributed by atoms with Gasteiger partial charge in [0.05, 0.1) is 5.75 Å². The van der Waals surface area contributed by atoms with Crippen molar-refractivity contribution in [3.63, 3.8) is 0 Å². The van der Waals surface area contributed by atoms with Crippen LogP contribution < -0.4 is 4.72 Å². The number of nitrogens with one attached hydrogen (secondary N) is 1. The van der Waals surface area contributed by atoms with Crippen molar-refractivity contribution in [3.8, 4) is 0 Å². The molecular weight excluding hydrogens is 290 g/mol. The Labute approximate surface area is 107 Å². The highest BCUT2D eigenvalue weighted by Crippen LogP contribution is 2.38. The van der Waals surface area contributed by atoms with Crippen LogP contribution in [0.3, 0.4) is 0 Å². The molecule has 0 aromatic heterocycles. The minimum Gasteiger partial charge on any atom is -0.212 e. The first-order valence-corrected chi connectivity index (χ1v) is 8.90. The molecule has 0 saturated heterocycles. The van der Waals surface area contributed by atoms with E-state index in [2.05, 4.69) is 20.7 Å². The third-order valence-corrected chi connectivity index (χ3v) is 6.39. The lowest BCUT2D eigenvalue weighted by atomic mass is 9.91. The maximum atomic E-state index is 12.0. The molecule has 2 aliphatic rings. The number of halogens is 1. The van der Waals surface area contributed by atoms with E-state index < -0.39 is 10.0 Å². The fraction of sp³-hybridized carbons (Fsp3) is 1.00. The highest BCUT2D eigenvalue weighted by Gasteiger charge is 2.44. The molecule has 2 fully saturated rings. The molecule has 1 N–H and O–H groups in total. The van der Waals surface area contributed by atoms with Gasteiger partial charge in [-0.3, -0.25) is 0 Å². The summed E-state index contributed by atoms with van der Waals surface area (Å²) in [6, 6.07) is 0. The van der Waals surface area contributed by atoms with Gasteiger partial charge in [0.1, 0.15) is 0 Å². The van der Waals surface area contributed by atoms with Gasteiger partial charge in [0.15, 0.2) is 0 Å². The van der Waals surface area contributed by atoms with Gasteiger partial charge >= 0.3 is 0 Å². The molecule has 0 radical (unpaired) electrons. The lowest BCUT2D eigenvalue weighted by molar-refractivity contribution is 0.383. The minimum absolute atomic E-state index is 0.145. The van der Waals surface area contributed by atoms with Crippen LogP contribution in [-0.2, 0) is 10.0 Å². The molecule has 0 amide bonds. The predicted octanol–water partition coefficient (Wildman–Crippen LogP) is 2.41. The summed E-state index contributed by atoms with van der Waals surface area (Å²) in [5.74, 6) is 0.722. The first kappa shape index (κ1) is 12.8. The van der Waals surface area contributed by atoms with Crippen LogP contribution in [-0.4, -0.2) is 25.0 Å². The van der Waals surface area contributed by atoms with Gasteiger partial charge in [-0.05, 0) is 31.6 Å². The van der Waals surface area contributed by atoms with Crippen molar-refractivity contribution in [2.75, 3.05) is 11.1 Å². The summed E-state index contributed by atoms with van der Waals surface area (Å²) < 4.78 is 26.8. The van der Waals surface area contributed by atoms with Crippen LogP contribution in [0.2, 0.25) is 0 Å². The number of rotatable bonds is 5. The molecule has 5 heteroatoms. The molecule has 0 aliphatic heterocycles. The van der Waals surface area contributed by atoms with Crippen LogP contribution in [0.15, 0.2) is 0 Å². The highest BCUT2D eigenvalue weighted by molar-refractivity contribution is 9.09. The van der Waals surface area contributed by atoms with Crippen molar-refractivity contribution < 1.29 is 8.42 Å². The fourth-order valence-corrected chi connectivity index (χ4v) is 5.31. The Morgan fingerprint density at radius 3 is 2.31 bits per heavy atom. The Kier molecular flexibility index (Phi) is 3.97. The van der Waals surface area contributed by atoms with Crippen LogP contribution in [0.25, 0.3) is 0 Å². The quantitative estimate of drug-likeness (QED) is 0.793. The molecule has 94 valence electrons. The first-order chi connectivity index (χ1) is 7.55. The van der Waals surface area contributed by atoms with Crippen molar-refractivity contribution in [2.24, 2.45) is 5.92 Å². The van der Waals surface area contributed by atoms with Crippen LogP contribution in [0, 0.1) is 5.92 Å². The third kappa shape index (κ3) is 3.44. The maximum absolute atomic E-state index is 12.0. The summed E-state index contributed by atoms with van der Waals surface area (Å²) >= 11 is 3.38. The zero-order valence-corrected chi connectivity index (χ0v) is 11.9. The molecule has 16 heavy (non-hydrogen) atoms. The van der Waals surface area contributed by atoms with Gasteiger partial charge in [-0.15, -0.1) is 0 Å². The van der Waals surface area contributed by atoms with E-state index in [4.69, 9.17) is 0 Å². The van der Waals surface area contributed by atoms with Crippen molar-refractivity contribution in [1.29, 1.82) is 0 Å². The Bertz CT molecular complexity index is 332. The normalized spacial score (nSPS) is 25.6. The fourth-order valence-electron chi connectivity index (χ4n) is 2.45. The van der Waals surface area contributed by atoms with Crippen molar-refractivity contribution in [3.05, 3.63) is 0 Å². The maximum Gasteiger partial charge on any atom is 0.212 e. The van der Waals surface area contributed by atoms with Crippen molar-refractivity contribution in [2.45, 2.75) is 50.5 Å². The molecule has 3 nitrogen and oxygen atoms in total. The molecule has 2 saturated carbocycles. The molecule has 2 rings (SSSR count). The molecule has 0 heterocycles. The van der Waals surface area contributed by atoms with Gasteiger partial charge in [-0.25, -0.2) is 13.1 Å². The second kappa shape index (κ2) is 4.94. The van der Waals surface area contributed by atoms with Gasteiger partial charge in [-0.1, -0.05) is 35.2 Å². The summed E-state index contributed by atoms with van der Waals surface area (Å²) in [4.78, 5) is 0. The van der Waals surface area contributed by atoms with E-state index in [-0.39, 0.29) is 5.54 Å². The Hall–Kier alpha value is 0.390. The van der Waals surface area contributed by atoms with E-state index in [1.165, 1.54) is 19.3 Å². The van der Waals surface area contributed by atoms with Crippen LogP contribution >= 0.6 is 15.9 Å². The smallest absolute Gasteiger partial charge is 0.212 e. The zero-order valence-electron chi connectivity index (χ0n) is 9.54. The van der Waals surface area contributed by atoms with Gasteiger partial charge in [0.2, 0.25) is 10.0 Å². The van der Waals surface area contributed by atoms with E-state index in [1.54, 1.807) is 0 Å². The largest absolute Gasteiger partial charge is 0.212 e. The molecule has 0 spiro atoms. The standard InChI is InChI=1S/C11H20BrNO2S/c12-9-11(6-7-11)13-16(14,15)8-10-4-2-1-3-5-10/h10,13H,1-9H2. The van der Waals surface area contributed by atoms with E-state index in [0.29, 0.717) is 11.7 Å². The Morgan fingerprint density at radius 1 is 1.19 bits per heavy atom. The second-order valence-electron chi connectivity index (χ2n) is 5.30. The minimum atomic E-state index is -3.07. The summed E-state index contributed by atoms with van der Waals surface area (Å²) in [6.07, 6.45) is 7.79. The first-order valence-electron chi connectivity index (χ1n) is 6.13. The molecule has 2 aliphatic carbocycles. The molecule has 0 atom stereocenters. The average Bonchev–Trinajstić information content (AvgIpc) is 2.98. The Balaban J connectivity index is 1.87. The van der Waals surface area contributed by atoms with Gasteiger partial charge in [0.25, 0.3) is 0 Å². The predicted molar refractivity (Wildman–Crippen MR) is 69.3 cm³/mol. The van der Waals surface area contributed by atoms with Crippen LogP contribution in [0.4, 0.5) is 0 Å².